The fourth-order valence-electron chi connectivity index (χ4n) is 2.07. The van der Waals surface area contributed by atoms with E-state index in [0.29, 0.717) is 28.9 Å². The van der Waals surface area contributed by atoms with Gasteiger partial charge in [-0.1, -0.05) is 0 Å². The fraction of sp³-hybridized carbons (Fsp3) is 0. The van der Waals surface area contributed by atoms with Crippen LogP contribution in [0.5, 0.6) is 11.6 Å². The molecule has 23 heavy (non-hydrogen) atoms. The van der Waals surface area contributed by atoms with Crippen LogP contribution in [0.1, 0.15) is 0 Å². The van der Waals surface area contributed by atoms with Gasteiger partial charge in [0.15, 0.2) is 11.4 Å². The number of benzene rings is 1. The van der Waals surface area contributed by atoms with E-state index in [9.17, 15) is 0 Å². The summed E-state index contributed by atoms with van der Waals surface area (Å²) in [6.07, 6.45) is 1.56. The normalized spacial score (nSPS) is 11.0. The molecule has 0 aliphatic heterocycles. The highest BCUT2D eigenvalue weighted by Gasteiger charge is 2.13. The number of nitrogen functional groups attached to an aromatic ring is 1. The molecule has 8 heteroatoms. The van der Waals surface area contributed by atoms with Crippen molar-refractivity contribution >= 4 is 34.2 Å². The van der Waals surface area contributed by atoms with Gasteiger partial charge < -0.3 is 14.9 Å². The number of anilines is 1. The zero-order chi connectivity index (χ0) is 15.8. The van der Waals surface area contributed by atoms with Crippen LogP contribution >= 0.6 is 22.6 Å². The van der Waals surface area contributed by atoms with Crippen LogP contribution in [0, 0.1) is 3.57 Å². The Morgan fingerprint density at radius 3 is 2.70 bits per heavy atom. The maximum absolute atomic E-state index is 5.94. The second kappa shape index (κ2) is 5.54. The summed E-state index contributed by atoms with van der Waals surface area (Å²) in [5.41, 5.74) is 6.47. The number of fused-ring (bicyclic) bond motifs is 1. The molecule has 0 fully saturated rings. The third-order valence-corrected chi connectivity index (χ3v) is 3.82. The van der Waals surface area contributed by atoms with E-state index < -0.39 is 0 Å². The van der Waals surface area contributed by atoms with Gasteiger partial charge in [0.1, 0.15) is 5.75 Å². The molecule has 1 aromatic carbocycles. The molecule has 0 saturated carbocycles. The number of aromatic nitrogens is 4. The molecule has 4 aromatic rings. The third kappa shape index (κ3) is 2.72. The van der Waals surface area contributed by atoms with Gasteiger partial charge >= 0.3 is 0 Å². The summed E-state index contributed by atoms with van der Waals surface area (Å²) >= 11 is 2.23. The molecule has 7 nitrogen and oxygen atoms in total. The molecule has 4 rings (SSSR count). The number of nitrogens with zero attached hydrogens (tertiary/aromatic N) is 4. The molecular weight excluding hydrogens is 409 g/mol. The zero-order valence-electron chi connectivity index (χ0n) is 11.7. The number of furan rings is 1. The van der Waals surface area contributed by atoms with E-state index in [0.717, 1.165) is 3.57 Å². The van der Waals surface area contributed by atoms with Gasteiger partial charge in [-0.2, -0.15) is 9.50 Å². The molecule has 0 atom stereocenters. The second-order valence-corrected chi connectivity index (χ2v) is 5.94. The lowest BCUT2D eigenvalue weighted by atomic mass is 10.3. The summed E-state index contributed by atoms with van der Waals surface area (Å²) in [6.45, 7) is 0. The van der Waals surface area contributed by atoms with Crippen LogP contribution in [-0.2, 0) is 0 Å². The Labute approximate surface area is 144 Å². The number of hydrogen-bond donors (Lipinski definition) is 1. The van der Waals surface area contributed by atoms with Crippen molar-refractivity contribution < 1.29 is 9.15 Å². The van der Waals surface area contributed by atoms with Gasteiger partial charge in [-0.3, -0.25) is 0 Å². The lowest BCUT2D eigenvalue weighted by Crippen LogP contribution is -2.03. The van der Waals surface area contributed by atoms with E-state index >= 15 is 0 Å². The summed E-state index contributed by atoms with van der Waals surface area (Å²) in [4.78, 5) is 8.59. The van der Waals surface area contributed by atoms with Crippen LogP contribution in [-0.4, -0.2) is 19.6 Å². The van der Waals surface area contributed by atoms with Crippen LogP contribution < -0.4 is 10.5 Å². The molecule has 0 saturated heterocycles. The Morgan fingerprint density at radius 2 is 1.96 bits per heavy atom. The Kier molecular flexibility index (Phi) is 3.37. The third-order valence-electron chi connectivity index (χ3n) is 3.10. The van der Waals surface area contributed by atoms with E-state index in [2.05, 4.69) is 37.7 Å². The van der Waals surface area contributed by atoms with Crippen molar-refractivity contribution in [3.05, 3.63) is 52.3 Å². The first kappa shape index (κ1) is 14.0. The van der Waals surface area contributed by atoms with Crippen molar-refractivity contribution in [3.63, 3.8) is 0 Å². The predicted octanol–water partition coefficient (Wildman–Crippen LogP) is 3.36. The van der Waals surface area contributed by atoms with Crippen LogP contribution in [0.4, 0.5) is 5.95 Å². The molecule has 0 aliphatic carbocycles. The highest BCUT2D eigenvalue weighted by Crippen LogP contribution is 2.24. The van der Waals surface area contributed by atoms with Crippen LogP contribution in [0.2, 0.25) is 0 Å². The number of halogens is 1. The first-order valence-corrected chi connectivity index (χ1v) is 7.77. The standard InChI is InChI=1S/C15H10IN5O2/c16-9-3-5-10(6-4-9)23-13-8-12-18-14(11-2-1-7-22-11)20-21(12)15(17)19-13/h1-8H,(H2,17,19). The molecule has 114 valence electrons. The molecule has 0 spiro atoms. The van der Waals surface area contributed by atoms with E-state index in [1.165, 1.54) is 4.52 Å². The van der Waals surface area contributed by atoms with E-state index in [4.69, 9.17) is 14.9 Å². The Morgan fingerprint density at radius 1 is 1.13 bits per heavy atom. The van der Waals surface area contributed by atoms with Gasteiger partial charge in [0.2, 0.25) is 17.7 Å². The molecule has 2 N–H and O–H groups in total. The Hall–Kier alpha value is -2.62. The van der Waals surface area contributed by atoms with Crippen molar-refractivity contribution in [1.29, 1.82) is 0 Å². The number of rotatable bonds is 3. The first-order valence-electron chi connectivity index (χ1n) is 6.70. The van der Waals surface area contributed by atoms with Crippen molar-refractivity contribution in [3.8, 4) is 23.2 Å². The summed E-state index contributed by atoms with van der Waals surface area (Å²) in [7, 11) is 0. The lowest BCUT2D eigenvalue weighted by molar-refractivity contribution is 0.462. The molecule has 0 aliphatic rings. The van der Waals surface area contributed by atoms with Crippen molar-refractivity contribution in [2.45, 2.75) is 0 Å². The van der Waals surface area contributed by atoms with Gasteiger partial charge in [0.25, 0.3) is 0 Å². The largest absolute Gasteiger partial charge is 0.461 e. The van der Waals surface area contributed by atoms with Crippen LogP contribution in [0.25, 0.3) is 17.2 Å². The molecule has 0 bridgehead atoms. The first-order chi connectivity index (χ1) is 11.2. The van der Waals surface area contributed by atoms with Crippen LogP contribution in [0.3, 0.4) is 0 Å². The van der Waals surface area contributed by atoms with Gasteiger partial charge in [-0.05, 0) is 59.0 Å². The molecule has 0 radical (unpaired) electrons. The minimum Gasteiger partial charge on any atom is -0.461 e. The second-order valence-electron chi connectivity index (χ2n) is 4.69. The van der Waals surface area contributed by atoms with Gasteiger partial charge in [0.05, 0.1) is 6.26 Å². The average Bonchev–Trinajstić information content (AvgIpc) is 3.18. The number of nitrogens with two attached hydrogens (primary N) is 1. The fourth-order valence-corrected chi connectivity index (χ4v) is 2.43. The van der Waals surface area contributed by atoms with Crippen molar-refractivity contribution in [2.75, 3.05) is 5.73 Å². The van der Waals surface area contributed by atoms with Gasteiger partial charge in [-0.25, -0.2) is 4.98 Å². The minimum absolute atomic E-state index is 0.188. The zero-order valence-corrected chi connectivity index (χ0v) is 13.8. The van der Waals surface area contributed by atoms with Crippen molar-refractivity contribution in [2.24, 2.45) is 0 Å². The highest BCUT2D eigenvalue weighted by molar-refractivity contribution is 14.1. The minimum atomic E-state index is 0.188. The molecule has 0 amide bonds. The monoisotopic (exact) mass is 419 g/mol. The summed E-state index contributed by atoms with van der Waals surface area (Å²) in [5, 5.41) is 4.28. The summed E-state index contributed by atoms with van der Waals surface area (Å²) in [6, 6.07) is 12.8. The smallest absolute Gasteiger partial charge is 0.226 e. The van der Waals surface area contributed by atoms with Gasteiger partial charge in [0, 0.05) is 9.64 Å². The van der Waals surface area contributed by atoms with Crippen LogP contribution in [0.15, 0.2) is 53.1 Å². The average molecular weight is 419 g/mol. The Bertz CT molecular complexity index is 964. The predicted molar refractivity (Wildman–Crippen MR) is 92.1 cm³/mol. The molecule has 3 aromatic heterocycles. The number of hydrogen-bond acceptors (Lipinski definition) is 6. The molecule has 3 heterocycles. The van der Waals surface area contributed by atoms with E-state index in [1.807, 2.05) is 24.3 Å². The maximum Gasteiger partial charge on any atom is 0.226 e. The molecule has 0 unspecified atom stereocenters. The number of ether oxygens (including phenoxy) is 1. The topological polar surface area (TPSA) is 91.5 Å². The Balaban J connectivity index is 1.73. The molecular formula is C15H10IN5O2. The van der Waals surface area contributed by atoms with Gasteiger partial charge in [-0.15, -0.1) is 5.10 Å². The maximum atomic E-state index is 5.94. The SMILES string of the molecule is Nc1nc(Oc2ccc(I)cc2)cc2nc(-c3ccco3)nn12. The highest BCUT2D eigenvalue weighted by atomic mass is 127. The lowest BCUT2D eigenvalue weighted by Gasteiger charge is -2.05. The summed E-state index contributed by atoms with van der Waals surface area (Å²) in [5.74, 6) is 2.22. The van der Waals surface area contributed by atoms with Crippen molar-refractivity contribution in [1.82, 2.24) is 19.6 Å². The quantitative estimate of drug-likeness (QED) is 0.512. The van der Waals surface area contributed by atoms with E-state index in [-0.39, 0.29) is 5.95 Å². The van der Waals surface area contributed by atoms with E-state index in [1.54, 1.807) is 24.5 Å². The summed E-state index contributed by atoms with van der Waals surface area (Å²) < 4.78 is 13.6.